The van der Waals surface area contributed by atoms with E-state index in [0.717, 1.165) is 18.4 Å². The molecule has 1 aromatic rings. The highest BCUT2D eigenvalue weighted by Crippen LogP contribution is 2.05. The van der Waals surface area contributed by atoms with E-state index < -0.39 is 12.1 Å². The first kappa shape index (κ1) is 17.1. The Balaban J connectivity index is 2.30. The van der Waals surface area contributed by atoms with E-state index in [1.165, 1.54) is 0 Å². The van der Waals surface area contributed by atoms with E-state index in [4.69, 9.17) is 4.74 Å². The quantitative estimate of drug-likeness (QED) is 0.431. The minimum Gasteiger partial charge on any atom is -0.465 e. The molecule has 114 valence electrons. The fraction of sp³-hybridized carbons (Fsp3) is 0.412. The third kappa shape index (κ3) is 8.05. The first-order chi connectivity index (χ1) is 10.1. The molecule has 0 saturated carbocycles. The molecule has 0 bridgehead atoms. The van der Waals surface area contributed by atoms with Gasteiger partial charge in [0.25, 0.3) is 0 Å². The zero-order valence-electron chi connectivity index (χ0n) is 12.3. The van der Waals surface area contributed by atoms with Crippen LogP contribution in [-0.4, -0.2) is 29.6 Å². The van der Waals surface area contributed by atoms with Crippen molar-refractivity contribution in [3.8, 4) is 0 Å². The van der Waals surface area contributed by atoms with E-state index in [0.29, 0.717) is 6.61 Å². The molecule has 0 fully saturated rings. The highest BCUT2D eigenvalue weighted by atomic mass is 16.5. The molecule has 0 aliphatic heterocycles. The molecule has 4 nitrogen and oxygen atoms in total. The number of aliphatic hydroxyl groups is 1. The smallest absolute Gasteiger partial charge is 0.313 e. The van der Waals surface area contributed by atoms with Crippen molar-refractivity contribution in [2.24, 2.45) is 0 Å². The third-order valence-electron chi connectivity index (χ3n) is 2.85. The van der Waals surface area contributed by atoms with Gasteiger partial charge in [-0.3, -0.25) is 9.59 Å². The molecule has 0 spiro atoms. The summed E-state index contributed by atoms with van der Waals surface area (Å²) in [5, 5.41) is 9.75. The van der Waals surface area contributed by atoms with Gasteiger partial charge in [-0.25, -0.2) is 0 Å². The van der Waals surface area contributed by atoms with Gasteiger partial charge in [0.15, 0.2) is 0 Å². The Morgan fingerprint density at radius 3 is 2.67 bits per heavy atom. The SMILES string of the molecule is CCCCOC(=O)CC(=O)C[C@H](O)/C=C/c1ccccc1. The van der Waals surface area contributed by atoms with Crippen LogP contribution in [0.15, 0.2) is 36.4 Å². The Morgan fingerprint density at radius 2 is 2.00 bits per heavy atom. The summed E-state index contributed by atoms with van der Waals surface area (Å²) in [7, 11) is 0. The van der Waals surface area contributed by atoms with Crippen LogP contribution in [0.5, 0.6) is 0 Å². The molecule has 4 heteroatoms. The number of hydrogen-bond donors (Lipinski definition) is 1. The minimum atomic E-state index is -0.888. The summed E-state index contributed by atoms with van der Waals surface area (Å²) in [6.45, 7) is 2.34. The van der Waals surface area contributed by atoms with Gasteiger partial charge < -0.3 is 9.84 Å². The van der Waals surface area contributed by atoms with E-state index in [9.17, 15) is 14.7 Å². The lowest BCUT2D eigenvalue weighted by atomic mass is 10.1. The fourth-order valence-electron chi connectivity index (χ4n) is 1.70. The number of carbonyl (C=O) groups excluding carboxylic acids is 2. The number of unbranched alkanes of at least 4 members (excludes halogenated alkanes) is 1. The van der Waals surface area contributed by atoms with Crippen molar-refractivity contribution in [1.82, 2.24) is 0 Å². The summed E-state index contributed by atoms with van der Waals surface area (Å²) in [6, 6.07) is 9.49. The van der Waals surface area contributed by atoms with Crippen LogP contribution in [0.25, 0.3) is 6.08 Å². The van der Waals surface area contributed by atoms with Crippen LogP contribution in [0.1, 0.15) is 38.2 Å². The second kappa shape index (κ2) is 9.88. The molecule has 0 heterocycles. The lowest BCUT2D eigenvalue weighted by Crippen LogP contribution is -2.16. The molecule has 21 heavy (non-hydrogen) atoms. The molecular formula is C17H22O4. The van der Waals surface area contributed by atoms with Crippen molar-refractivity contribution >= 4 is 17.8 Å². The fourth-order valence-corrected chi connectivity index (χ4v) is 1.70. The number of aliphatic hydroxyl groups excluding tert-OH is 1. The van der Waals surface area contributed by atoms with Gasteiger partial charge >= 0.3 is 5.97 Å². The largest absolute Gasteiger partial charge is 0.465 e. The highest BCUT2D eigenvalue weighted by Gasteiger charge is 2.13. The average molecular weight is 290 g/mol. The van der Waals surface area contributed by atoms with E-state index >= 15 is 0 Å². The zero-order chi connectivity index (χ0) is 15.5. The van der Waals surface area contributed by atoms with Crippen molar-refractivity contribution in [2.75, 3.05) is 6.61 Å². The molecule has 0 amide bonds. The summed E-state index contributed by atoms with van der Waals surface area (Å²) in [6.07, 6.45) is 3.78. The maximum Gasteiger partial charge on any atom is 0.313 e. The van der Waals surface area contributed by atoms with Gasteiger partial charge in [0.1, 0.15) is 12.2 Å². The van der Waals surface area contributed by atoms with Crippen LogP contribution in [0, 0.1) is 0 Å². The predicted octanol–water partition coefficient (Wildman–Crippen LogP) is 2.75. The van der Waals surface area contributed by atoms with Gasteiger partial charge in [-0.15, -0.1) is 0 Å². The van der Waals surface area contributed by atoms with Gasteiger partial charge in [0.05, 0.1) is 12.7 Å². The topological polar surface area (TPSA) is 63.6 Å². The standard InChI is InChI=1S/C17H22O4/c1-2-3-11-21-17(20)13-16(19)12-15(18)10-9-14-7-5-4-6-8-14/h4-10,15,18H,2-3,11-13H2,1H3/b10-9+/t15-/m1/s1. The lowest BCUT2D eigenvalue weighted by molar-refractivity contribution is -0.146. The van der Waals surface area contributed by atoms with Crippen molar-refractivity contribution in [2.45, 2.75) is 38.7 Å². The zero-order valence-corrected chi connectivity index (χ0v) is 12.3. The number of Topliss-reactive ketones (excluding diaryl/α,β-unsaturated/α-hetero) is 1. The minimum absolute atomic E-state index is 0.0772. The van der Waals surface area contributed by atoms with Crippen LogP contribution in [0.3, 0.4) is 0 Å². The third-order valence-corrected chi connectivity index (χ3v) is 2.85. The van der Waals surface area contributed by atoms with Gasteiger partial charge in [-0.05, 0) is 12.0 Å². The van der Waals surface area contributed by atoms with Crippen molar-refractivity contribution in [3.05, 3.63) is 42.0 Å². The normalized spacial score (nSPS) is 12.3. The van der Waals surface area contributed by atoms with Gasteiger partial charge in [0, 0.05) is 6.42 Å². The summed E-state index contributed by atoms with van der Waals surface area (Å²) in [4.78, 5) is 23.0. The van der Waals surface area contributed by atoms with Crippen LogP contribution in [0.2, 0.25) is 0 Å². The molecule has 1 rings (SSSR count). The Morgan fingerprint density at radius 1 is 1.29 bits per heavy atom. The van der Waals surface area contributed by atoms with Crippen molar-refractivity contribution in [3.63, 3.8) is 0 Å². The van der Waals surface area contributed by atoms with Crippen molar-refractivity contribution < 1.29 is 19.4 Å². The second-order valence-electron chi connectivity index (χ2n) is 4.83. The maximum absolute atomic E-state index is 11.6. The molecule has 1 N–H and O–H groups in total. The molecule has 0 aliphatic rings. The number of rotatable bonds is 9. The van der Waals surface area contributed by atoms with Gasteiger partial charge in [-0.1, -0.05) is 55.8 Å². The summed E-state index contributed by atoms with van der Waals surface area (Å²) < 4.78 is 4.90. The van der Waals surface area contributed by atoms with Crippen LogP contribution < -0.4 is 0 Å². The number of carbonyl (C=O) groups is 2. The number of ketones is 1. The van der Waals surface area contributed by atoms with Crippen LogP contribution >= 0.6 is 0 Å². The number of ether oxygens (including phenoxy) is 1. The van der Waals surface area contributed by atoms with E-state index in [-0.39, 0.29) is 18.6 Å². The molecule has 0 aliphatic carbocycles. The molecule has 1 aromatic carbocycles. The molecule has 0 unspecified atom stereocenters. The van der Waals surface area contributed by atoms with Gasteiger partial charge in [0.2, 0.25) is 0 Å². The second-order valence-corrected chi connectivity index (χ2v) is 4.83. The van der Waals surface area contributed by atoms with E-state index in [1.54, 1.807) is 12.2 Å². The summed E-state index contributed by atoms with van der Waals surface area (Å²) >= 11 is 0. The average Bonchev–Trinajstić information content (AvgIpc) is 2.46. The van der Waals surface area contributed by atoms with E-state index in [1.807, 2.05) is 37.3 Å². The summed E-state index contributed by atoms with van der Waals surface area (Å²) in [5.74, 6) is -0.839. The summed E-state index contributed by atoms with van der Waals surface area (Å²) in [5.41, 5.74) is 0.947. The first-order valence-corrected chi connectivity index (χ1v) is 7.20. The van der Waals surface area contributed by atoms with Crippen LogP contribution in [0.4, 0.5) is 0 Å². The predicted molar refractivity (Wildman–Crippen MR) is 81.6 cm³/mol. The maximum atomic E-state index is 11.6. The highest BCUT2D eigenvalue weighted by molar-refractivity contribution is 5.95. The number of benzene rings is 1. The molecular weight excluding hydrogens is 268 g/mol. The Bertz CT molecular complexity index is 465. The molecule has 0 saturated heterocycles. The Labute approximate surface area is 125 Å². The van der Waals surface area contributed by atoms with Crippen LogP contribution in [-0.2, 0) is 14.3 Å². The monoisotopic (exact) mass is 290 g/mol. The molecule has 0 radical (unpaired) electrons. The number of hydrogen-bond acceptors (Lipinski definition) is 4. The number of esters is 1. The van der Waals surface area contributed by atoms with Gasteiger partial charge in [-0.2, -0.15) is 0 Å². The van der Waals surface area contributed by atoms with Crippen molar-refractivity contribution in [1.29, 1.82) is 0 Å². The first-order valence-electron chi connectivity index (χ1n) is 7.20. The van der Waals surface area contributed by atoms with E-state index in [2.05, 4.69) is 0 Å². The Hall–Kier alpha value is -1.94. The molecule has 1 atom stereocenters. The molecule has 0 aromatic heterocycles. The lowest BCUT2D eigenvalue weighted by Gasteiger charge is -2.05. The Kier molecular flexibility index (Phi) is 8.05.